The average Bonchev–Trinajstić information content (AvgIpc) is 2.57. The molecule has 1 saturated heterocycles. The van der Waals surface area contributed by atoms with Crippen LogP contribution in [0.3, 0.4) is 0 Å². The van der Waals surface area contributed by atoms with E-state index in [1.807, 2.05) is 6.92 Å². The zero-order valence-electron chi connectivity index (χ0n) is 18.0. The van der Waals surface area contributed by atoms with E-state index >= 15 is 0 Å². The van der Waals surface area contributed by atoms with Crippen molar-refractivity contribution in [2.24, 2.45) is 10.9 Å². The van der Waals surface area contributed by atoms with Crippen LogP contribution < -0.4 is 10.6 Å². The largest absolute Gasteiger partial charge is 0.379 e. The number of ether oxygens (including phenoxy) is 1. The van der Waals surface area contributed by atoms with Crippen molar-refractivity contribution >= 4 is 15.8 Å². The van der Waals surface area contributed by atoms with Gasteiger partial charge in [-0.1, -0.05) is 13.8 Å². The summed E-state index contributed by atoms with van der Waals surface area (Å²) in [5.41, 5.74) is 0. The minimum atomic E-state index is -3.14. The first-order valence-corrected chi connectivity index (χ1v) is 11.8. The van der Waals surface area contributed by atoms with Gasteiger partial charge < -0.3 is 15.4 Å². The summed E-state index contributed by atoms with van der Waals surface area (Å²) in [5, 5.41) is 6.40. The number of nitrogens with one attached hydrogen (secondary N) is 2. The van der Waals surface area contributed by atoms with Crippen LogP contribution in [0, 0.1) is 5.92 Å². The number of morpholine rings is 1. The zero-order chi connectivity index (χ0) is 20.5. The number of hydrogen-bond donors (Lipinski definition) is 2. The Hall–Kier alpha value is -0.860. The van der Waals surface area contributed by atoms with Crippen LogP contribution in [0.4, 0.5) is 0 Å². The lowest BCUT2D eigenvalue weighted by Crippen LogP contribution is -2.47. The molecule has 1 unspecified atom stereocenters. The van der Waals surface area contributed by atoms with E-state index in [4.69, 9.17) is 9.73 Å². The quantitative estimate of drug-likeness (QED) is 0.448. The molecule has 160 valence electrons. The van der Waals surface area contributed by atoms with Crippen LogP contribution in [0.5, 0.6) is 0 Å². The molecule has 8 heteroatoms. The molecule has 0 aliphatic carbocycles. The third-order valence-electron chi connectivity index (χ3n) is 4.71. The Morgan fingerprint density at radius 3 is 2.33 bits per heavy atom. The second kappa shape index (κ2) is 11.2. The number of nitrogens with zero attached hydrogens (tertiary/aromatic N) is 2. The standard InChI is InChI=1S/C19H40N4O3S/c1-7-20-18(21-8-13-27(24,25)19(4,5)6)22-15-17(14-16(2)3)23-9-11-26-12-10-23/h16-17H,7-15H2,1-6H3,(H2,20,21,22). The Balaban J connectivity index is 2.68. The van der Waals surface area contributed by atoms with Gasteiger partial charge in [0.25, 0.3) is 0 Å². The van der Waals surface area contributed by atoms with Gasteiger partial charge in [-0.05, 0) is 40.0 Å². The van der Waals surface area contributed by atoms with Crippen LogP contribution in [-0.4, -0.2) is 81.8 Å². The number of hydrogen-bond acceptors (Lipinski definition) is 5. The number of sulfone groups is 1. The van der Waals surface area contributed by atoms with Gasteiger partial charge in [-0.2, -0.15) is 0 Å². The molecule has 0 radical (unpaired) electrons. The van der Waals surface area contributed by atoms with Crippen molar-refractivity contribution in [3.05, 3.63) is 0 Å². The van der Waals surface area contributed by atoms with Gasteiger partial charge in [-0.15, -0.1) is 0 Å². The van der Waals surface area contributed by atoms with Gasteiger partial charge in [0.2, 0.25) is 0 Å². The molecule has 1 rings (SSSR count). The number of rotatable bonds is 9. The van der Waals surface area contributed by atoms with Crippen molar-refractivity contribution in [2.45, 2.75) is 58.8 Å². The fourth-order valence-corrected chi connectivity index (χ4v) is 3.96. The molecule has 0 aromatic rings. The van der Waals surface area contributed by atoms with Gasteiger partial charge in [0, 0.05) is 32.2 Å². The van der Waals surface area contributed by atoms with Gasteiger partial charge >= 0.3 is 0 Å². The third-order valence-corrected chi connectivity index (χ3v) is 7.31. The number of guanidine groups is 1. The Kier molecular flexibility index (Phi) is 10.0. The van der Waals surface area contributed by atoms with Gasteiger partial charge in [0.1, 0.15) is 0 Å². The van der Waals surface area contributed by atoms with Gasteiger partial charge in [0.15, 0.2) is 15.8 Å². The normalized spacial score (nSPS) is 18.6. The lowest BCUT2D eigenvalue weighted by atomic mass is 10.0. The maximum Gasteiger partial charge on any atom is 0.191 e. The number of aliphatic imine (C=N–C) groups is 1. The molecule has 1 aliphatic rings. The van der Waals surface area contributed by atoms with Gasteiger partial charge in [-0.3, -0.25) is 9.89 Å². The fourth-order valence-electron chi connectivity index (χ4n) is 2.97. The van der Waals surface area contributed by atoms with Crippen LogP contribution in [0.1, 0.15) is 48.0 Å². The molecule has 1 atom stereocenters. The SMILES string of the molecule is CCNC(=NCC(CC(C)C)N1CCOCC1)NCCS(=O)(=O)C(C)(C)C. The van der Waals surface area contributed by atoms with E-state index in [9.17, 15) is 8.42 Å². The van der Waals surface area contributed by atoms with Crippen LogP contribution >= 0.6 is 0 Å². The zero-order valence-corrected chi connectivity index (χ0v) is 18.9. The fraction of sp³-hybridized carbons (Fsp3) is 0.947. The average molecular weight is 405 g/mol. The smallest absolute Gasteiger partial charge is 0.191 e. The van der Waals surface area contributed by atoms with E-state index in [0.29, 0.717) is 31.0 Å². The maximum atomic E-state index is 12.3. The van der Waals surface area contributed by atoms with Crippen molar-refractivity contribution in [3.63, 3.8) is 0 Å². The van der Waals surface area contributed by atoms with E-state index in [-0.39, 0.29) is 5.75 Å². The monoisotopic (exact) mass is 404 g/mol. The van der Waals surface area contributed by atoms with E-state index in [2.05, 4.69) is 29.4 Å². The van der Waals surface area contributed by atoms with Crippen LogP contribution in [0.25, 0.3) is 0 Å². The van der Waals surface area contributed by atoms with Crippen molar-refractivity contribution in [1.82, 2.24) is 15.5 Å². The first kappa shape index (κ1) is 24.2. The highest BCUT2D eigenvalue weighted by molar-refractivity contribution is 7.92. The molecule has 0 aromatic carbocycles. The first-order valence-electron chi connectivity index (χ1n) is 10.1. The minimum absolute atomic E-state index is 0.0970. The lowest BCUT2D eigenvalue weighted by Gasteiger charge is -2.34. The summed E-state index contributed by atoms with van der Waals surface area (Å²) in [6.45, 7) is 16.9. The highest BCUT2D eigenvalue weighted by Crippen LogP contribution is 2.15. The summed E-state index contributed by atoms with van der Waals surface area (Å²) in [5.74, 6) is 1.38. The molecular formula is C19H40N4O3S. The predicted molar refractivity (Wildman–Crippen MR) is 113 cm³/mol. The summed E-state index contributed by atoms with van der Waals surface area (Å²) in [4.78, 5) is 7.20. The van der Waals surface area contributed by atoms with Crippen molar-refractivity contribution in [2.75, 3.05) is 51.7 Å². The van der Waals surface area contributed by atoms with Crippen molar-refractivity contribution in [1.29, 1.82) is 0 Å². The molecule has 0 bridgehead atoms. The Morgan fingerprint density at radius 1 is 1.19 bits per heavy atom. The van der Waals surface area contributed by atoms with Crippen LogP contribution in [0.2, 0.25) is 0 Å². The molecule has 1 fully saturated rings. The molecule has 2 N–H and O–H groups in total. The van der Waals surface area contributed by atoms with Crippen LogP contribution in [0.15, 0.2) is 4.99 Å². The molecule has 27 heavy (non-hydrogen) atoms. The Bertz CT molecular complexity index is 550. The van der Waals surface area contributed by atoms with Crippen molar-refractivity contribution in [3.8, 4) is 0 Å². The molecule has 0 amide bonds. The Labute approximate surface area is 166 Å². The molecule has 0 saturated carbocycles. The lowest BCUT2D eigenvalue weighted by molar-refractivity contribution is 0.0143. The molecule has 0 spiro atoms. The highest BCUT2D eigenvalue weighted by Gasteiger charge is 2.28. The summed E-state index contributed by atoms with van der Waals surface area (Å²) in [7, 11) is -3.14. The molecular weight excluding hydrogens is 364 g/mol. The second-order valence-electron chi connectivity index (χ2n) is 8.51. The molecule has 1 heterocycles. The van der Waals surface area contributed by atoms with Crippen molar-refractivity contribution < 1.29 is 13.2 Å². The summed E-state index contributed by atoms with van der Waals surface area (Å²) in [6.07, 6.45) is 1.08. The highest BCUT2D eigenvalue weighted by atomic mass is 32.2. The Morgan fingerprint density at radius 2 is 1.81 bits per heavy atom. The topological polar surface area (TPSA) is 83.0 Å². The van der Waals surface area contributed by atoms with E-state index in [1.54, 1.807) is 20.8 Å². The van der Waals surface area contributed by atoms with E-state index in [1.165, 1.54) is 0 Å². The maximum absolute atomic E-state index is 12.3. The summed E-state index contributed by atoms with van der Waals surface area (Å²) >= 11 is 0. The second-order valence-corrected chi connectivity index (χ2v) is 11.4. The minimum Gasteiger partial charge on any atom is -0.379 e. The molecule has 0 aromatic heterocycles. The van der Waals surface area contributed by atoms with E-state index < -0.39 is 14.6 Å². The summed E-state index contributed by atoms with van der Waals surface area (Å²) in [6, 6.07) is 0.377. The third kappa shape index (κ3) is 8.79. The van der Waals surface area contributed by atoms with Crippen LogP contribution in [-0.2, 0) is 14.6 Å². The van der Waals surface area contributed by atoms with Gasteiger partial charge in [0.05, 0.1) is 30.3 Å². The molecule has 7 nitrogen and oxygen atoms in total. The summed E-state index contributed by atoms with van der Waals surface area (Å²) < 4.78 is 29.3. The predicted octanol–water partition coefficient (Wildman–Crippen LogP) is 1.50. The first-order chi connectivity index (χ1) is 12.6. The van der Waals surface area contributed by atoms with E-state index in [0.717, 1.165) is 39.3 Å². The molecule has 1 aliphatic heterocycles. The van der Waals surface area contributed by atoms with Gasteiger partial charge in [-0.25, -0.2) is 8.42 Å².